The first-order valence-corrected chi connectivity index (χ1v) is 6.95. The molecule has 2 fully saturated rings. The van der Waals surface area contributed by atoms with Crippen molar-refractivity contribution in [3.63, 3.8) is 0 Å². The number of aliphatic hydroxyl groups is 1. The van der Waals surface area contributed by atoms with E-state index in [1.807, 2.05) is 0 Å². The average Bonchev–Trinajstić information content (AvgIpc) is 3.13. The summed E-state index contributed by atoms with van der Waals surface area (Å²) in [6.45, 7) is 3.05. The molecule has 0 radical (unpaired) electrons. The molecule has 0 spiro atoms. The van der Waals surface area contributed by atoms with E-state index in [2.05, 4.69) is 17.3 Å². The van der Waals surface area contributed by atoms with Crippen molar-refractivity contribution < 1.29 is 9.84 Å². The van der Waals surface area contributed by atoms with E-state index < -0.39 is 0 Å². The number of ether oxygens (including phenoxy) is 1. The van der Waals surface area contributed by atoms with Crippen LogP contribution in [0.2, 0.25) is 0 Å². The molecule has 1 aliphatic heterocycles. The van der Waals surface area contributed by atoms with Gasteiger partial charge in [0.15, 0.2) is 0 Å². The molecule has 0 aromatic carbocycles. The zero-order valence-electron chi connectivity index (χ0n) is 10.9. The fourth-order valence-corrected chi connectivity index (χ4v) is 2.50. The third kappa shape index (κ3) is 4.92. The molecule has 0 bridgehead atoms. The van der Waals surface area contributed by atoms with Gasteiger partial charge in [0.2, 0.25) is 0 Å². The molecular formula is C13H26N2O2. The third-order valence-corrected chi connectivity index (χ3v) is 3.59. The Balaban J connectivity index is 1.64. The highest BCUT2D eigenvalue weighted by atomic mass is 16.5. The van der Waals surface area contributed by atoms with Crippen LogP contribution in [0.25, 0.3) is 0 Å². The molecule has 17 heavy (non-hydrogen) atoms. The Hall–Kier alpha value is -0.160. The Bertz CT molecular complexity index is 215. The van der Waals surface area contributed by atoms with Gasteiger partial charge in [0, 0.05) is 31.8 Å². The molecule has 2 rings (SSSR count). The van der Waals surface area contributed by atoms with Crippen molar-refractivity contribution in [1.29, 1.82) is 0 Å². The van der Waals surface area contributed by atoms with Gasteiger partial charge >= 0.3 is 0 Å². The first-order chi connectivity index (χ1) is 8.28. The summed E-state index contributed by atoms with van der Waals surface area (Å²) in [5, 5.41) is 12.8. The van der Waals surface area contributed by atoms with Crippen LogP contribution < -0.4 is 5.32 Å². The van der Waals surface area contributed by atoms with E-state index in [9.17, 15) is 5.11 Å². The lowest BCUT2D eigenvalue weighted by Crippen LogP contribution is -2.45. The number of rotatable bonds is 7. The maximum Gasteiger partial charge on any atom is 0.0701 e. The van der Waals surface area contributed by atoms with E-state index in [1.165, 1.54) is 32.1 Å². The van der Waals surface area contributed by atoms with Crippen LogP contribution in [0.1, 0.15) is 32.1 Å². The predicted octanol–water partition coefficient (Wildman–Crippen LogP) is 0.600. The molecular weight excluding hydrogens is 216 g/mol. The lowest BCUT2D eigenvalue weighted by atomic mass is 10.1. The lowest BCUT2D eigenvalue weighted by Gasteiger charge is -2.29. The number of hydrogen-bond acceptors (Lipinski definition) is 4. The fraction of sp³-hybridized carbons (Fsp3) is 1.00. The first kappa shape index (κ1) is 13.3. The van der Waals surface area contributed by atoms with Crippen molar-refractivity contribution in [3.8, 4) is 0 Å². The molecule has 4 heteroatoms. The molecule has 1 heterocycles. The lowest BCUT2D eigenvalue weighted by molar-refractivity contribution is -0.00352. The topological polar surface area (TPSA) is 44.7 Å². The van der Waals surface area contributed by atoms with Crippen LogP contribution >= 0.6 is 0 Å². The molecule has 100 valence electrons. The first-order valence-electron chi connectivity index (χ1n) is 6.95. The minimum absolute atomic E-state index is 0.219. The van der Waals surface area contributed by atoms with Crippen molar-refractivity contribution in [2.75, 3.05) is 33.4 Å². The number of hydrogen-bond donors (Lipinski definition) is 2. The van der Waals surface area contributed by atoms with Crippen molar-refractivity contribution in [3.05, 3.63) is 0 Å². The number of aliphatic hydroxyl groups excluding tert-OH is 1. The second-order valence-electron chi connectivity index (χ2n) is 5.53. The minimum Gasteiger partial charge on any atom is -0.395 e. The van der Waals surface area contributed by atoms with E-state index in [0.717, 1.165) is 19.7 Å². The summed E-state index contributed by atoms with van der Waals surface area (Å²) >= 11 is 0. The SMILES string of the molecule is CN(CC(CO)NC1CC1)CC1CCCCO1. The molecule has 2 atom stereocenters. The number of nitrogens with one attached hydrogen (secondary N) is 1. The van der Waals surface area contributed by atoms with E-state index in [4.69, 9.17) is 4.74 Å². The molecule has 4 nitrogen and oxygen atoms in total. The van der Waals surface area contributed by atoms with E-state index >= 15 is 0 Å². The summed E-state index contributed by atoms with van der Waals surface area (Å²) in [6.07, 6.45) is 6.63. The predicted molar refractivity (Wildman–Crippen MR) is 68.1 cm³/mol. The van der Waals surface area contributed by atoms with E-state index in [0.29, 0.717) is 12.1 Å². The number of nitrogens with zero attached hydrogens (tertiary/aromatic N) is 1. The smallest absolute Gasteiger partial charge is 0.0701 e. The molecule has 1 saturated heterocycles. The van der Waals surface area contributed by atoms with Crippen molar-refractivity contribution in [1.82, 2.24) is 10.2 Å². The van der Waals surface area contributed by atoms with Crippen LogP contribution in [0.3, 0.4) is 0 Å². The van der Waals surface area contributed by atoms with Gasteiger partial charge in [-0.25, -0.2) is 0 Å². The van der Waals surface area contributed by atoms with Gasteiger partial charge in [0.1, 0.15) is 0 Å². The second-order valence-corrected chi connectivity index (χ2v) is 5.53. The largest absolute Gasteiger partial charge is 0.395 e. The highest BCUT2D eigenvalue weighted by Crippen LogP contribution is 2.19. The Labute approximate surface area is 104 Å². The molecule has 2 aliphatic rings. The van der Waals surface area contributed by atoms with Gasteiger partial charge in [-0.2, -0.15) is 0 Å². The Morgan fingerprint density at radius 2 is 2.18 bits per heavy atom. The molecule has 1 saturated carbocycles. The highest BCUT2D eigenvalue weighted by Gasteiger charge is 2.25. The van der Waals surface area contributed by atoms with Gasteiger partial charge in [-0.15, -0.1) is 0 Å². The molecule has 2 unspecified atom stereocenters. The van der Waals surface area contributed by atoms with E-state index in [-0.39, 0.29) is 12.6 Å². The molecule has 0 amide bonds. The van der Waals surface area contributed by atoms with Crippen molar-refractivity contribution in [2.45, 2.75) is 50.3 Å². The van der Waals surface area contributed by atoms with Gasteiger partial charge in [-0.05, 0) is 39.2 Å². The van der Waals surface area contributed by atoms with Crippen LogP contribution in [0, 0.1) is 0 Å². The maximum absolute atomic E-state index is 9.34. The Morgan fingerprint density at radius 1 is 1.35 bits per heavy atom. The monoisotopic (exact) mass is 242 g/mol. The Morgan fingerprint density at radius 3 is 2.76 bits per heavy atom. The molecule has 0 aromatic rings. The minimum atomic E-state index is 0.219. The summed E-state index contributed by atoms with van der Waals surface area (Å²) in [4.78, 5) is 2.28. The third-order valence-electron chi connectivity index (χ3n) is 3.59. The summed E-state index contributed by atoms with van der Waals surface area (Å²) in [7, 11) is 2.12. The maximum atomic E-state index is 9.34. The molecule has 0 aromatic heterocycles. The summed E-state index contributed by atoms with van der Waals surface area (Å²) < 4.78 is 5.73. The number of likely N-dealkylation sites (N-methyl/N-ethyl adjacent to an activating group) is 1. The molecule has 2 N–H and O–H groups in total. The summed E-state index contributed by atoms with van der Waals surface area (Å²) in [6, 6.07) is 0.877. The quantitative estimate of drug-likeness (QED) is 0.686. The van der Waals surface area contributed by atoms with Crippen LogP contribution in [0.15, 0.2) is 0 Å². The zero-order valence-corrected chi connectivity index (χ0v) is 10.9. The van der Waals surface area contributed by atoms with Crippen molar-refractivity contribution >= 4 is 0 Å². The molecule has 1 aliphatic carbocycles. The van der Waals surface area contributed by atoms with Crippen LogP contribution in [-0.2, 0) is 4.74 Å². The fourth-order valence-electron chi connectivity index (χ4n) is 2.50. The van der Waals surface area contributed by atoms with Gasteiger partial charge in [0.05, 0.1) is 12.7 Å². The standard InChI is InChI=1S/C13H26N2O2/c1-15(9-13-4-2-3-7-17-13)8-12(10-16)14-11-5-6-11/h11-14,16H,2-10H2,1H3. The highest BCUT2D eigenvalue weighted by molar-refractivity contribution is 4.86. The summed E-state index contributed by atoms with van der Waals surface area (Å²) in [5.74, 6) is 0. The van der Waals surface area contributed by atoms with Crippen LogP contribution in [0.5, 0.6) is 0 Å². The van der Waals surface area contributed by atoms with Gasteiger partial charge in [-0.3, -0.25) is 0 Å². The van der Waals surface area contributed by atoms with Gasteiger partial charge in [-0.1, -0.05) is 0 Å². The van der Waals surface area contributed by atoms with Crippen LogP contribution in [-0.4, -0.2) is 61.5 Å². The van der Waals surface area contributed by atoms with Gasteiger partial charge in [0.25, 0.3) is 0 Å². The van der Waals surface area contributed by atoms with Crippen molar-refractivity contribution in [2.24, 2.45) is 0 Å². The van der Waals surface area contributed by atoms with E-state index in [1.54, 1.807) is 0 Å². The van der Waals surface area contributed by atoms with Crippen LogP contribution in [0.4, 0.5) is 0 Å². The summed E-state index contributed by atoms with van der Waals surface area (Å²) in [5.41, 5.74) is 0. The Kier molecular flexibility index (Phi) is 5.22. The average molecular weight is 242 g/mol. The second kappa shape index (κ2) is 6.69. The van der Waals surface area contributed by atoms with Gasteiger partial charge < -0.3 is 20.1 Å². The normalized spacial score (nSPS) is 27.4. The zero-order chi connectivity index (χ0) is 12.1.